The number of carboxylic acid groups (broad SMARTS) is 1. The van der Waals surface area contributed by atoms with Gasteiger partial charge in [-0.05, 0) is 49.7 Å². The summed E-state index contributed by atoms with van der Waals surface area (Å²) in [6.45, 7) is 4.16. The van der Waals surface area contributed by atoms with Crippen LogP contribution >= 0.6 is 0 Å². The Morgan fingerprint density at radius 2 is 2.04 bits per heavy atom. The van der Waals surface area contributed by atoms with E-state index in [1.54, 1.807) is 24.3 Å². The van der Waals surface area contributed by atoms with Gasteiger partial charge in [-0.1, -0.05) is 24.6 Å². The minimum Gasteiger partial charge on any atom is -0.478 e. The predicted octanol–water partition coefficient (Wildman–Crippen LogP) is 3.03. The first-order valence-electron chi connectivity index (χ1n) is 8.72. The van der Waals surface area contributed by atoms with E-state index in [0.717, 1.165) is 32.5 Å². The quantitative estimate of drug-likeness (QED) is 0.645. The van der Waals surface area contributed by atoms with Crippen LogP contribution in [0.1, 0.15) is 54.9 Å². The first kappa shape index (κ1) is 18.5. The average Bonchev–Trinajstić information content (AvgIpc) is 2.54. The molecule has 1 aromatic rings. The summed E-state index contributed by atoms with van der Waals surface area (Å²) in [7, 11) is 0. The van der Waals surface area contributed by atoms with Gasteiger partial charge in [0.15, 0.2) is 0 Å². The summed E-state index contributed by atoms with van der Waals surface area (Å²) in [5.41, 5.74) is 1.18. The van der Waals surface area contributed by atoms with Crippen molar-refractivity contribution in [3.05, 3.63) is 35.4 Å². The Balaban J connectivity index is 1.78. The number of aromatic carboxylic acids is 1. The maximum atomic E-state index is 12.1. The van der Waals surface area contributed by atoms with Crippen molar-refractivity contribution in [2.45, 2.75) is 45.4 Å². The van der Waals surface area contributed by atoms with Crippen molar-refractivity contribution in [2.24, 2.45) is 5.41 Å². The van der Waals surface area contributed by atoms with Crippen LogP contribution in [0.25, 0.3) is 0 Å². The van der Waals surface area contributed by atoms with Gasteiger partial charge in [-0.15, -0.1) is 0 Å². The van der Waals surface area contributed by atoms with Crippen molar-refractivity contribution < 1.29 is 19.4 Å². The van der Waals surface area contributed by atoms with Gasteiger partial charge in [-0.2, -0.15) is 0 Å². The zero-order valence-electron chi connectivity index (χ0n) is 14.3. The van der Waals surface area contributed by atoms with Crippen molar-refractivity contribution in [3.63, 3.8) is 0 Å². The number of hydrogen-bond donors (Lipinski definition) is 2. The van der Waals surface area contributed by atoms with Gasteiger partial charge in [0.25, 0.3) is 0 Å². The third-order valence-electron chi connectivity index (χ3n) is 4.92. The number of nitrogens with one attached hydrogen (secondary N) is 1. The Labute approximate surface area is 143 Å². The van der Waals surface area contributed by atoms with Gasteiger partial charge in [0.2, 0.25) is 5.91 Å². The molecule has 2 rings (SSSR count). The zero-order chi connectivity index (χ0) is 17.4. The van der Waals surface area contributed by atoms with Gasteiger partial charge in [0.05, 0.1) is 5.56 Å². The molecule has 0 atom stereocenters. The van der Waals surface area contributed by atoms with E-state index in [0.29, 0.717) is 24.9 Å². The number of aryl methyl sites for hydroxylation is 1. The van der Waals surface area contributed by atoms with E-state index in [-0.39, 0.29) is 16.9 Å². The minimum absolute atomic E-state index is 0.0159. The summed E-state index contributed by atoms with van der Waals surface area (Å²) in [5, 5.41) is 12.2. The molecule has 0 heterocycles. The van der Waals surface area contributed by atoms with Gasteiger partial charge in [-0.3, -0.25) is 4.79 Å². The van der Waals surface area contributed by atoms with Crippen LogP contribution in [0.3, 0.4) is 0 Å². The summed E-state index contributed by atoms with van der Waals surface area (Å²) in [4.78, 5) is 23.3. The fraction of sp³-hybridized carbons (Fsp3) is 0.579. The number of ether oxygens (including phenoxy) is 1. The summed E-state index contributed by atoms with van der Waals surface area (Å²) >= 11 is 0. The molecule has 1 aliphatic rings. The molecular weight excluding hydrogens is 306 g/mol. The van der Waals surface area contributed by atoms with Crippen LogP contribution in [0.5, 0.6) is 0 Å². The lowest BCUT2D eigenvalue weighted by Crippen LogP contribution is -2.43. The topological polar surface area (TPSA) is 75.6 Å². The lowest BCUT2D eigenvalue weighted by molar-refractivity contribution is -0.122. The molecule has 2 N–H and O–H groups in total. The van der Waals surface area contributed by atoms with E-state index in [9.17, 15) is 14.7 Å². The second-order valence-corrected chi connectivity index (χ2v) is 6.54. The standard InChI is InChI=1S/C19H27NO4/c1-2-24-13-12-19(10-5-11-19)14-20-17(21)9-8-15-6-3-4-7-16(15)18(22)23/h3-4,6-7H,2,5,8-14H2,1H3,(H,20,21)(H,22,23). The molecule has 5 heteroatoms. The van der Waals surface area contributed by atoms with Crippen molar-refractivity contribution in [3.8, 4) is 0 Å². The van der Waals surface area contributed by atoms with Crippen LogP contribution in [0.4, 0.5) is 0 Å². The second-order valence-electron chi connectivity index (χ2n) is 6.54. The first-order valence-corrected chi connectivity index (χ1v) is 8.72. The summed E-state index contributed by atoms with van der Waals surface area (Å²) in [5.74, 6) is -0.965. The number of amides is 1. The van der Waals surface area contributed by atoms with Gasteiger partial charge >= 0.3 is 5.97 Å². The van der Waals surface area contributed by atoms with Crippen LogP contribution < -0.4 is 5.32 Å². The number of hydrogen-bond acceptors (Lipinski definition) is 3. The molecule has 1 amide bonds. The molecule has 0 aromatic heterocycles. The molecule has 1 aliphatic carbocycles. The molecule has 1 aromatic carbocycles. The number of carbonyl (C=O) groups is 2. The molecule has 24 heavy (non-hydrogen) atoms. The summed E-state index contributed by atoms with van der Waals surface area (Å²) in [6, 6.07) is 6.85. The van der Waals surface area contributed by atoms with Crippen LogP contribution in [-0.4, -0.2) is 36.7 Å². The molecular formula is C19H27NO4. The Hall–Kier alpha value is -1.88. The second kappa shape index (κ2) is 8.83. The van der Waals surface area contributed by atoms with Crippen molar-refractivity contribution in [1.82, 2.24) is 5.32 Å². The highest BCUT2D eigenvalue weighted by molar-refractivity contribution is 5.89. The number of carboxylic acids is 1. The first-order chi connectivity index (χ1) is 11.6. The fourth-order valence-electron chi connectivity index (χ4n) is 3.19. The molecule has 0 spiro atoms. The van der Waals surface area contributed by atoms with Crippen molar-refractivity contribution >= 4 is 11.9 Å². The van der Waals surface area contributed by atoms with Gasteiger partial charge < -0.3 is 15.2 Å². The third kappa shape index (κ3) is 5.06. The monoisotopic (exact) mass is 333 g/mol. The zero-order valence-corrected chi connectivity index (χ0v) is 14.3. The molecule has 0 unspecified atom stereocenters. The van der Waals surface area contributed by atoms with Crippen LogP contribution in [0.2, 0.25) is 0 Å². The van der Waals surface area contributed by atoms with E-state index in [1.807, 2.05) is 6.92 Å². The molecule has 1 saturated carbocycles. The Kier molecular flexibility index (Phi) is 6.79. The van der Waals surface area contributed by atoms with Crippen molar-refractivity contribution in [2.75, 3.05) is 19.8 Å². The lowest BCUT2D eigenvalue weighted by Gasteiger charge is -2.42. The van der Waals surface area contributed by atoms with Crippen LogP contribution in [-0.2, 0) is 16.0 Å². The number of carbonyl (C=O) groups excluding carboxylic acids is 1. The Morgan fingerprint density at radius 3 is 2.67 bits per heavy atom. The molecule has 0 saturated heterocycles. The van der Waals surface area contributed by atoms with Crippen molar-refractivity contribution in [1.29, 1.82) is 0 Å². The number of rotatable bonds is 10. The Morgan fingerprint density at radius 1 is 1.29 bits per heavy atom. The highest BCUT2D eigenvalue weighted by atomic mass is 16.5. The third-order valence-corrected chi connectivity index (χ3v) is 4.92. The smallest absolute Gasteiger partial charge is 0.335 e. The van der Waals surface area contributed by atoms with E-state index in [1.165, 1.54) is 6.42 Å². The molecule has 1 fully saturated rings. The maximum Gasteiger partial charge on any atom is 0.335 e. The molecule has 0 aliphatic heterocycles. The molecule has 0 bridgehead atoms. The van der Waals surface area contributed by atoms with Gasteiger partial charge in [0, 0.05) is 26.2 Å². The molecule has 5 nitrogen and oxygen atoms in total. The fourth-order valence-corrected chi connectivity index (χ4v) is 3.19. The highest BCUT2D eigenvalue weighted by Crippen LogP contribution is 2.43. The maximum absolute atomic E-state index is 12.1. The van der Waals surface area contributed by atoms with Gasteiger partial charge in [-0.25, -0.2) is 4.79 Å². The van der Waals surface area contributed by atoms with E-state index in [2.05, 4.69) is 5.32 Å². The lowest BCUT2D eigenvalue weighted by atomic mass is 9.66. The summed E-state index contributed by atoms with van der Waals surface area (Å²) in [6.07, 6.45) is 5.24. The summed E-state index contributed by atoms with van der Waals surface area (Å²) < 4.78 is 5.44. The number of benzene rings is 1. The Bertz CT molecular complexity index is 566. The average molecular weight is 333 g/mol. The van der Waals surface area contributed by atoms with Gasteiger partial charge in [0.1, 0.15) is 0 Å². The predicted molar refractivity (Wildman–Crippen MR) is 92.1 cm³/mol. The SMILES string of the molecule is CCOCCC1(CNC(=O)CCc2ccccc2C(=O)O)CCC1. The van der Waals surface area contributed by atoms with E-state index in [4.69, 9.17) is 4.74 Å². The van der Waals surface area contributed by atoms with E-state index < -0.39 is 5.97 Å². The highest BCUT2D eigenvalue weighted by Gasteiger charge is 2.36. The molecule has 0 radical (unpaired) electrons. The minimum atomic E-state index is -0.949. The van der Waals surface area contributed by atoms with E-state index >= 15 is 0 Å². The van der Waals surface area contributed by atoms with Crippen LogP contribution in [0.15, 0.2) is 24.3 Å². The normalized spacial score (nSPS) is 15.5. The molecule has 132 valence electrons. The van der Waals surface area contributed by atoms with Crippen LogP contribution in [0, 0.1) is 5.41 Å². The largest absolute Gasteiger partial charge is 0.478 e.